The van der Waals surface area contributed by atoms with Crippen LogP contribution in [0.2, 0.25) is 0 Å². The number of aryl methyl sites for hydroxylation is 1. The molecule has 1 N–H and O–H groups in total. The van der Waals surface area contributed by atoms with Gasteiger partial charge in [0, 0.05) is 24.2 Å². The van der Waals surface area contributed by atoms with Crippen molar-refractivity contribution in [2.45, 2.75) is 24.9 Å². The zero-order valence-corrected chi connectivity index (χ0v) is 11.0. The zero-order chi connectivity index (χ0) is 12.1. The van der Waals surface area contributed by atoms with Crippen LogP contribution in [-0.2, 0) is 13.1 Å². The summed E-state index contributed by atoms with van der Waals surface area (Å²) in [4.78, 5) is 1.30. The molecule has 0 bridgehead atoms. The summed E-state index contributed by atoms with van der Waals surface area (Å²) in [5.74, 6) is 0. The van der Waals surface area contributed by atoms with Gasteiger partial charge < -0.3 is 5.32 Å². The Hall–Kier alpha value is -1.42. The van der Waals surface area contributed by atoms with Crippen LogP contribution in [0, 0.1) is 0 Å². The molecule has 4 heteroatoms. The van der Waals surface area contributed by atoms with Crippen molar-refractivity contribution in [1.29, 1.82) is 0 Å². The van der Waals surface area contributed by atoms with Crippen molar-refractivity contribution >= 4 is 17.4 Å². The average Bonchev–Trinajstić information content (AvgIpc) is 2.85. The van der Waals surface area contributed by atoms with Crippen molar-refractivity contribution in [3.63, 3.8) is 0 Å². The van der Waals surface area contributed by atoms with E-state index in [-0.39, 0.29) is 0 Å². The number of nitrogens with zero attached hydrogens (tertiary/aromatic N) is 2. The fraction of sp³-hybridized carbons (Fsp3) is 0.308. The molecule has 90 valence electrons. The van der Waals surface area contributed by atoms with E-state index in [2.05, 4.69) is 47.9 Å². The molecule has 0 amide bonds. The Morgan fingerprint density at radius 2 is 2.06 bits per heavy atom. The van der Waals surface area contributed by atoms with Crippen molar-refractivity contribution in [3.05, 3.63) is 42.2 Å². The highest BCUT2D eigenvalue weighted by molar-refractivity contribution is 7.98. The van der Waals surface area contributed by atoms with Crippen molar-refractivity contribution in [1.82, 2.24) is 9.78 Å². The predicted octanol–water partition coefficient (Wildman–Crippen LogP) is 3.24. The molecule has 0 spiro atoms. The average molecular weight is 247 g/mol. The third-order valence-electron chi connectivity index (χ3n) is 2.61. The summed E-state index contributed by atoms with van der Waals surface area (Å²) < 4.78 is 1.92. The number of benzene rings is 1. The topological polar surface area (TPSA) is 29.9 Å². The first-order chi connectivity index (χ1) is 8.31. The van der Waals surface area contributed by atoms with Crippen LogP contribution < -0.4 is 5.32 Å². The maximum atomic E-state index is 4.23. The largest absolute Gasteiger partial charge is 0.378 e. The molecule has 0 unspecified atom stereocenters. The Bertz CT molecular complexity index is 462. The number of aromatic nitrogens is 2. The summed E-state index contributed by atoms with van der Waals surface area (Å²) in [7, 11) is 0. The zero-order valence-electron chi connectivity index (χ0n) is 10.2. The Kier molecular flexibility index (Phi) is 4.09. The van der Waals surface area contributed by atoms with Crippen LogP contribution in [0.15, 0.2) is 41.6 Å². The lowest BCUT2D eigenvalue weighted by Gasteiger charge is -2.04. The second kappa shape index (κ2) is 5.77. The number of anilines is 1. The summed E-state index contributed by atoms with van der Waals surface area (Å²) >= 11 is 1.76. The minimum Gasteiger partial charge on any atom is -0.378 e. The molecule has 3 nitrogen and oxygen atoms in total. The number of nitrogens with one attached hydrogen (secondary N) is 1. The molecule has 2 aromatic rings. The summed E-state index contributed by atoms with van der Waals surface area (Å²) in [5.41, 5.74) is 2.35. The quantitative estimate of drug-likeness (QED) is 0.823. The lowest BCUT2D eigenvalue weighted by Crippen LogP contribution is -1.98. The number of hydrogen-bond donors (Lipinski definition) is 1. The van der Waals surface area contributed by atoms with Gasteiger partial charge in [0.05, 0.1) is 11.9 Å². The molecule has 0 saturated carbocycles. The molecule has 0 saturated heterocycles. The van der Waals surface area contributed by atoms with E-state index in [0.29, 0.717) is 0 Å². The third kappa shape index (κ3) is 3.27. The van der Waals surface area contributed by atoms with Gasteiger partial charge in [0.2, 0.25) is 0 Å². The van der Waals surface area contributed by atoms with Crippen LogP contribution >= 0.6 is 11.8 Å². The summed E-state index contributed by atoms with van der Waals surface area (Å²) in [6.45, 7) is 3.83. The van der Waals surface area contributed by atoms with Crippen LogP contribution in [0.25, 0.3) is 0 Å². The van der Waals surface area contributed by atoms with E-state index in [1.54, 1.807) is 11.8 Å². The van der Waals surface area contributed by atoms with Crippen molar-refractivity contribution in [2.75, 3.05) is 11.6 Å². The highest BCUT2D eigenvalue weighted by Gasteiger charge is 1.97. The molecule has 1 aromatic carbocycles. The van der Waals surface area contributed by atoms with Crippen LogP contribution in [0.4, 0.5) is 5.69 Å². The van der Waals surface area contributed by atoms with Crippen molar-refractivity contribution in [2.24, 2.45) is 0 Å². The first kappa shape index (κ1) is 12.0. The Balaban J connectivity index is 1.92. The Morgan fingerprint density at radius 3 is 2.65 bits per heavy atom. The molecule has 0 aliphatic rings. The van der Waals surface area contributed by atoms with E-state index in [9.17, 15) is 0 Å². The molecule has 0 radical (unpaired) electrons. The molecule has 2 rings (SSSR count). The van der Waals surface area contributed by atoms with E-state index < -0.39 is 0 Å². The number of hydrogen-bond acceptors (Lipinski definition) is 3. The fourth-order valence-corrected chi connectivity index (χ4v) is 1.98. The van der Waals surface area contributed by atoms with E-state index in [0.717, 1.165) is 18.8 Å². The Morgan fingerprint density at radius 1 is 1.29 bits per heavy atom. The normalized spacial score (nSPS) is 10.5. The second-order valence-electron chi connectivity index (χ2n) is 3.79. The van der Waals surface area contributed by atoms with E-state index >= 15 is 0 Å². The van der Waals surface area contributed by atoms with E-state index in [1.807, 2.05) is 17.1 Å². The molecule has 0 fully saturated rings. The molecule has 1 aromatic heterocycles. The van der Waals surface area contributed by atoms with Gasteiger partial charge in [0.25, 0.3) is 0 Å². The molecule has 0 aliphatic carbocycles. The summed E-state index contributed by atoms with van der Waals surface area (Å²) in [6.07, 6.45) is 5.97. The summed E-state index contributed by atoms with van der Waals surface area (Å²) in [5, 5.41) is 7.59. The van der Waals surface area contributed by atoms with Crippen LogP contribution in [0.3, 0.4) is 0 Å². The summed E-state index contributed by atoms with van der Waals surface area (Å²) in [6, 6.07) is 8.61. The maximum absolute atomic E-state index is 4.23. The molecular weight excluding hydrogens is 230 g/mol. The number of rotatable bonds is 5. The van der Waals surface area contributed by atoms with Crippen molar-refractivity contribution in [3.8, 4) is 0 Å². The van der Waals surface area contributed by atoms with Crippen LogP contribution in [0.1, 0.15) is 12.5 Å². The van der Waals surface area contributed by atoms with Gasteiger partial charge in [-0.2, -0.15) is 5.10 Å². The minimum absolute atomic E-state index is 0.837. The van der Waals surface area contributed by atoms with Gasteiger partial charge in [-0.1, -0.05) is 12.1 Å². The van der Waals surface area contributed by atoms with Gasteiger partial charge in [-0.3, -0.25) is 4.68 Å². The highest BCUT2D eigenvalue weighted by Crippen LogP contribution is 2.15. The van der Waals surface area contributed by atoms with E-state index in [1.165, 1.54) is 10.5 Å². The van der Waals surface area contributed by atoms with Gasteiger partial charge in [-0.25, -0.2) is 0 Å². The predicted molar refractivity (Wildman–Crippen MR) is 73.5 cm³/mol. The molecule has 1 heterocycles. The Labute approximate surface area is 106 Å². The van der Waals surface area contributed by atoms with Crippen molar-refractivity contribution < 1.29 is 0 Å². The van der Waals surface area contributed by atoms with E-state index in [4.69, 9.17) is 0 Å². The second-order valence-corrected chi connectivity index (χ2v) is 4.67. The van der Waals surface area contributed by atoms with Gasteiger partial charge in [-0.15, -0.1) is 11.8 Å². The molecular formula is C13H17N3S. The molecule has 17 heavy (non-hydrogen) atoms. The molecule has 0 atom stereocenters. The van der Waals surface area contributed by atoms with Gasteiger partial charge in [-0.05, 0) is 30.9 Å². The molecule has 0 aliphatic heterocycles. The highest BCUT2D eigenvalue weighted by atomic mass is 32.2. The minimum atomic E-state index is 0.837. The van der Waals surface area contributed by atoms with Gasteiger partial charge in [0.1, 0.15) is 0 Å². The first-order valence-corrected chi connectivity index (χ1v) is 6.93. The van der Waals surface area contributed by atoms with Crippen LogP contribution in [-0.4, -0.2) is 16.0 Å². The van der Waals surface area contributed by atoms with Crippen LogP contribution in [0.5, 0.6) is 0 Å². The van der Waals surface area contributed by atoms with Gasteiger partial charge >= 0.3 is 0 Å². The SMILES string of the molecule is CCn1cc(NCc2ccc(SC)cc2)cn1. The lowest BCUT2D eigenvalue weighted by atomic mass is 10.2. The monoisotopic (exact) mass is 247 g/mol. The fourth-order valence-electron chi connectivity index (χ4n) is 1.58. The van der Waals surface area contributed by atoms with Gasteiger partial charge in [0.15, 0.2) is 0 Å². The standard InChI is InChI=1S/C13H17N3S/c1-3-16-10-12(9-15-16)14-8-11-4-6-13(17-2)7-5-11/h4-7,9-10,14H,3,8H2,1-2H3. The lowest BCUT2D eigenvalue weighted by molar-refractivity contribution is 0.660. The third-order valence-corrected chi connectivity index (χ3v) is 3.36. The first-order valence-electron chi connectivity index (χ1n) is 5.71. The number of thioether (sulfide) groups is 1. The smallest absolute Gasteiger partial charge is 0.0729 e. The maximum Gasteiger partial charge on any atom is 0.0729 e.